The third-order valence-electron chi connectivity index (χ3n) is 4.63. The van der Waals surface area contributed by atoms with E-state index in [1.54, 1.807) is 35.7 Å². The van der Waals surface area contributed by atoms with Gasteiger partial charge in [-0.15, -0.1) is 11.8 Å². The van der Waals surface area contributed by atoms with Crippen molar-refractivity contribution in [3.8, 4) is 5.75 Å². The summed E-state index contributed by atoms with van der Waals surface area (Å²) in [5.74, 6) is 0.595. The summed E-state index contributed by atoms with van der Waals surface area (Å²) in [6.45, 7) is 4.55. The molecular weight excluding hydrogens is 416 g/mol. The van der Waals surface area contributed by atoms with Crippen LogP contribution in [0.15, 0.2) is 48.5 Å². The van der Waals surface area contributed by atoms with Gasteiger partial charge >= 0.3 is 5.97 Å². The van der Waals surface area contributed by atoms with Crippen molar-refractivity contribution in [1.82, 2.24) is 0 Å². The van der Waals surface area contributed by atoms with Gasteiger partial charge in [0.15, 0.2) is 0 Å². The predicted octanol–water partition coefficient (Wildman–Crippen LogP) is 4.15. The minimum Gasteiger partial charge on any atom is -0.494 e. The number of ether oxygens (including phenoxy) is 2. The molecule has 3 rings (SSSR count). The Bertz CT molecular complexity index is 915. The third-order valence-corrected chi connectivity index (χ3v) is 5.85. The molecule has 0 saturated carbocycles. The molecule has 0 aliphatic carbocycles. The zero-order valence-corrected chi connectivity index (χ0v) is 18.4. The van der Waals surface area contributed by atoms with Crippen LogP contribution in [0.2, 0.25) is 0 Å². The highest BCUT2D eigenvalue weighted by atomic mass is 32.2. The molecule has 31 heavy (non-hydrogen) atoms. The first-order chi connectivity index (χ1) is 15.0. The van der Waals surface area contributed by atoms with Gasteiger partial charge in [-0.05, 0) is 55.8 Å². The van der Waals surface area contributed by atoms with E-state index in [4.69, 9.17) is 9.47 Å². The van der Waals surface area contributed by atoms with Crippen molar-refractivity contribution >= 4 is 40.9 Å². The zero-order valence-electron chi connectivity index (χ0n) is 17.6. The molecule has 1 saturated heterocycles. The average molecular weight is 443 g/mol. The SMILES string of the molecule is CCOC(=O)CCC(=O)Nc1ccc([C@@H]2SCC(=O)N2c2ccc(OCC)cc2)cc1. The smallest absolute Gasteiger partial charge is 0.306 e. The highest BCUT2D eigenvalue weighted by molar-refractivity contribution is 8.00. The number of amides is 2. The van der Waals surface area contributed by atoms with E-state index in [1.165, 1.54) is 0 Å². The monoisotopic (exact) mass is 442 g/mol. The summed E-state index contributed by atoms with van der Waals surface area (Å²) in [7, 11) is 0. The topological polar surface area (TPSA) is 84.9 Å². The molecule has 1 aliphatic rings. The fourth-order valence-electron chi connectivity index (χ4n) is 3.22. The van der Waals surface area contributed by atoms with Crippen molar-refractivity contribution < 1.29 is 23.9 Å². The number of esters is 1. The fourth-order valence-corrected chi connectivity index (χ4v) is 4.40. The number of carbonyl (C=O) groups is 3. The molecule has 1 fully saturated rings. The van der Waals surface area contributed by atoms with Gasteiger partial charge in [0, 0.05) is 17.8 Å². The Morgan fingerprint density at radius 2 is 1.74 bits per heavy atom. The minimum absolute atomic E-state index is 0.0512. The highest BCUT2D eigenvalue weighted by Gasteiger charge is 2.34. The Labute approximate surface area is 186 Å². The molecule has 2 aromatic rings. The standard InChI is InChI=1S/C23H26N2O5S/c1-3-29-19-11-9-18(10-12-19)25-21(27)15-31-23(25)16-5-7-17(8-6-16)24-20(26)13-14-22(28)30-4-2/h5-12,23H,3-4,13-15H2,1-2H3,(H,24,26)/t23-/m0/s1. The Hall–Kier alpha value is -3.00. The molecular formula is C23H26N2O5S. The summed E-state index contributed by atoms with van der Waals surface area (Å²) in [6, 6.07) is 14.9. The molecule has 7 nitrogen and oxygen atoms in total. The van der Waals surface area contributed by atoms with Crippen LogP contribution in [0, 0.1) is 0 Å². The fraction of sp³-hybridized carbons (Fsp3) is 0.348. The molecule has 0 radical (unpaired) electrons. The van der Waals surface area contributed by atoms with Gasteiger partial charge in [0.25, 0.3) is 0 Å². The molecule has 0 spiro atoms. The third kappa shape index (κ3) is 6.01. The molecule has 2 amide bonds. The maximum Gasteiger partial charge on any atom is 0.306 e. The van der Waals surface area contributed by atoms with Gasteiger partial charge in [-0.3, -0.25) is 19.3 Å². The number of rotatable bonds is 9. The summed E-state index contributed by atoms with van der Waals surface area (Å²) < 4.78 is 10.3. The van der Waals surface area contributed by atoms with Crippen molar-refractivity contribution in [3.05, 3.63) is 54.1 Å². The Kier molecular flexibility index (Phi) is 7.94. The highest BCUT2D eigenvalue weighted by Crippen LogP contribution is 2.42. The van der Waals surface area contributed by atoms with E-state index in [0.717, 1.165) is 17.0 Å². The maximum atomic E-state index is 12.5. The number of thioether (sulfide) groups is 1. The molecule has 8 heteroatoms. The lowest BCUT2D eigenvalue weighted by molar-refractivity contribution is -0.144. The lowest BCUT2D eigenvalue weighted by atomic mass is 10.1. The summed E-state index contributed by atoms with van der Waals surface area (Å²) >= 11 is 1.56. The van der Waals surface area contributed by atoms with Crippen molar-refractivity contribution in [2.24, 2.45) is 0 Å². The van der Waals surface area contributed by atoms with E-state index >= 15 is 0 Å². The maximum absolute atomic E-state index is 12.5. The molecule has 0 bridgehead atoms. The van der Waals surface area contributed by atoms with E-state index < -0.39 is 0 Å². The van der Waals surface area contributed by atoms with E-state index in [0.29, 0.717) is 24.7 Å². The van der Waals surface area contributed by atoms with Crippen LogP contribution in [-0.4, -0.2) is 36.8 Å². The molecule has 1 N–H and O–H groups in total. The number of hydrogen-bond acceptors (Lipinski definition) is 6. The van der Waals surface area contributed by atoms with Crippen LogP contribution in [0.4, 0.5) is 11.4 Å². The largest absolute Gasteiger partial charge is 0.494 e. The zero-order chi connectivity index (χ0) is 22.2. The molecule has 1 heterocycles. The Morgan fingerprint density at radius 1 is 1.03 bits per heavy atom. The predicted molar refractivity (Wildman–Crippen MR) is 121 cm³/mol. The van der Waals surface area contributed by atoms with E-state index in [1.807, 2.05) is 43.3 Å². The van der Waals surface area contributed by atoms with Crippen molar-refractivity contribution in [2.45, 2.75) is 32.1 Å². The van der Waals surface area contributed by atoms with Gasteiger partial charge in [-0.25, -0.2) is 0 Å². The van der Waals surface area contributed by atoms with Gasteiger partial charge in [0.1, 0.15) is 11.1 Å². The Morgan fingerprint density at radius 3 is 2.39 bits per heavy atom. The second-order valence-electron chi connectivity index (χ2n) is 6.83. The van der Waals surface area contributed by atoms with Crippen molar-refractivity contribution in [1.29, 1.82) is 0 Å². The molecule has 0 unspecified atom stereocenters. The molecule has 1 aliphatic heterocycles. The number of anilines is 2. The van der Waals surface area contributed by atoms with Crippen LogP contribution in [-0.2, 0) is 19.1 Å². The molecule has 164 valence electrons. The normalized spacial score (nSPS) is 15.6. The first kappa shape index (κ1) is 22.7. The Balaban J connectivity index is 1.64. The van der Waals surface area contributed by atoms with Crippen LogP contribution in [0.1, 0.15) is 37.6 Å². The lowest BCUT2D eigenvalue weighted by Gasteiger charge is -2.24. The van der Waals surface area contributed by atoms with Crippen LogP contribution in [0.3, 0.4) is 0 Å². The van der Waals surface area contributed by atoms with Gasteiger partial charge in [-0.2, -0.15) is 0 Å². The number of nitrogens with one attached hydrogen (secondary N) is 1. The second-order valence-corrected chi connectivity index (χ2v) is 7.90. The second kappa shape index (κ2) is 10.9. The van der Waals surface area contributed by atoms with Crippen molar-refractivity contribution in [2.75, 3.05) is 29.2 Å². The first-order valence-electron chi connectivity index (χ1n) is 10.2. The molecule has 0 aromatic heterocycles. The van der Waals surface area contributed by atoms with E-state index in [2.05, 4.69) is 5.32 Å². The summed E-state index contributed by atoms with van der Waals surface area (Å²) in [6.07, 6.45) is 0.120. The van der Waals surface area contributed by atoms with E-state index in [9.17, 15) is 14.4 Å². The van der Waals surface area contributed by atoms with Crippen LogP contribution in [0.5, 0.6) is 5.75 Å². The van der Waals surface area contributed by atoms with Gasteiger partial charge in [-0.1, -0.05) is 12.1 Å². The number of nitrogens with zero attached hydrogens (tertiary/aromatic N) is 1. The van der Waals surface area contributed by atoms with Crippen LogP contribution >= 0.6 is 11.8 Å². The lowest BCUT2D eigenvalue weighted by Crippen LogP contribution is -2.27. The number of carbonyl (C=O) groups excluding carboxylic acids is 3. The van der Waals surface area contributed by atoms with Gasteiger partial charge < -0.3 is 14.8 Å². The first-order valence-corrected chi connectivity index (χ1v) is 11.3. The minimum atomic E-state index is -0.384. The molecule has 1 atom stereocenters. The van der Waals surface area contributed by atoms with Crippen molar-refractivity contribution in [3.63, 3.8) is 0 Å². The average Bonchev–Trinajstić information content (AvgIpc) is 3.15. The van der Waals surface area contributed by atoms with Crippen LogP contribution in [0.25, 0.3) is 0 Å². The summed E-state index contributed by atoms with van der Waals surface area (Å²) in [4.78, 5) is 37.7. The van der Waals surface area contributed by atoms with E-state index in [-0.39, 0.29) is 36.0 Å². The number of hydrogen-bond donors (Lipinski definition) is 1. The molecule has 2 aromatic carbocycles. The quantitative estimate of drug-likeness (QED) is 0.588. The summed E-state index contributed by atoms with van der Waals surface area (Å²) in [5.41, 5.74) is 2.42. The van der Waals surface area contributed by atoms with Crippen LogP contribution < -0.4 is 15.0 Å². The van der Waals surface area contributed by atoms with Gasteiger partial charge in [0.2, 0.25) is 11.8 Å². The summed E-state index contributed by atoms with van der Waals surface area (Å²) in [5, 5.41) is 2.64. The van der Waals surface area contributed by atoms with Gasteiger partial charge in [0.05, 0.1) is 25.4 Å². The number of benzene rings is 2.